The molecule has 25 heavy (non-hydrogen) atoms. The number of rotatable bonds is 8. The van der Waals surface area contributed by atoms with E-state index in [0.29, 0.717) is 32.2 Å². The summed E-state index contributed by atoms with van der Waals surface area (Å²) in [6.45, 7) is 9.31. The highest BCUT2D eigenvalue weighted by atomic mass is 16.5. The number of nitrogens with zero attached hydrogens (tertiary/aromatic N) is 1. The molecule has 1 fully saturated rings. The van der Waals surface area contributed by atoms with Crippen LogP contribution in [0.1, 0.15) is 32.8 Å². The van der Waals surface area contributed by atoms with E-state index in [4.69, 9.17) is 4.74 Å². The second-order valence-corrected chi connectivity index (χ2v) is 6.76. The number of amides is 2. The summed E-state index contributed by atoms with van der Waals surface area (Å²) in [6.07, 6.45) is 0.190. The van der Waals surface area contributed by atoms with Gasteiger partial charge in [-0.25, -0.2) is 0 Å². The van der Waals surface area contributed by atoms with Gasteiger partial charge in [0.05, 0.1) is 19.1 Å². The van der Waals surface area contributed by atoms with Crippen molar-refractivity contribution in [2.24, 2.45) is 5.92 Å². The molecule has 0 spiro atoms. The van der Waals surface area contributed by atoms with E-state index >= 15 is 0 Å². The largest absolute Gasteiger partial charge is 0.494 e. The number of carbonyl (C=O) groups excluding carboxylic acids is 2. The van der Waals surface area contributed by atoms with Crippen LogP contribution in [0.3, 0.4) is 0 Å². The van der Waals surface area contributed by atoms with Gasteiger partial charge in [-0.05, 0) is 30.5 Å². The smallest absolute Gasteiger partial charge is 0.237 e. The molecule has 1 aliphatic rings. The summed E-state index contributed by atoms with van der Waals surface area (Å²) in [7, 11) is 0. The highest BCUT2D eigenvalue weighted by Gasteiger charge is 2.31. The Kier molecular flexibility index (Phi) is 7.25. The van der Waals surface area contributed by atoms with Crippen molar-refractivity contribution in [1.82, 2.24) is 15.5 Å². The summed E-state index contributed by atoms with van der Waals surface area (Å²) in [5.41, 5.74) is 1.10. The first kappa shape index (κ1) is 19.2. The molecule has 2 amide bonds. The molecule has 0 saturated carbocycles. The normalized spacial score (nSPS) is 18.1. The predicted molar refractivity (Wildman–Crippen MR) is 97.3 cm³/mol. The Hall–Kier alpha value is -2.08. The Morgan fingerprint density at radius 3 is 2.72 bits per heavy atom. The summed E-state index contributed by atoms with van der Waals surface area (Å²) in [6, 6.07) is 7.47. The molecule has 0 unspecified atom stereocenters. The summed E-state index contributed by atoms with van der Waals surface area (Å²) in [5.74, 6) is 1.08. The first-order valence-electron chi connectivity index (χ1n) is 8.99. The van der Waals surface area contributed by atoms with Crippen molar-refractivity contribution in [3.05, 3.63) is 29.8 Å². The van der Waals surface area contributed by atoms with Crippen molar-refractivity contribution >= 4 is 11.8 Å². The molecule has 1 atom stereocenters. The maximum atomic E-state index is 12.3. The maximum absolute atomic E-state index is 12.3. The van der Waals surface area contributed by atoms with Gasteiger partial charge in [0.2, 0.25) is 11.8 Å². The van der Waals surface area contributed by atoms with Gasteiger partial charge in [0.15, 0.2) is 0 Å². The summed E-state index contributed by atoms with van der Waals surface area (Å²) < 4.78 is 5.46. The monoisotopic (exact) mass is 347 g/mol. The zero-order chi connectivity index (χ0) is 18.2. The van der Waals surface area contributed by atoms with Gasteiger partial charge in [0, 0.05) is 26.2 Å². The standard InChI is InChI=1S/C19H29N3O3/c1-4-25-16-7-5-15(6-8-16)13-22-10-9-20-19(24)17(22)11-18(23)21-12-14(2)3/h5-8,14,17H,4,9-13H2,1-3H3,(H,20,24)(H,21,23)/t17-/m0/s1. The lowest BCUT2D eigenvalue weighted by atomic mass is 10.1. The number of hydrogen-bond donors (Lipinski definition) is 2. The lowest BCUT2D eigenvalue weighted by molar-refractivity contribution is -0.134. The summed E-state index contributed by atoms with van der Waals surface area (Å²) >= 11 is 0. The van der Waals surface area contributed by atoms with E-state index in [9.17, 15) is 9.59 Å². The molecule has 0 radical (unpaired) electrons. The number of benzene rings is 1. The average Bonchev–Trinajstić information content (AvgIpc) is 2.58. The van der Waals surface area contributed by atoms with E-state index in [1.54, 1.807) is 0 Å². The Morgan fingerprint density at radius 2 is 2.08 bits per heavy atom. The molecule has 2 rings (SSSR count). The number of piperazine rings is 1. The van der Waals surface area contributed by atoms with Gasteiger partial charge in [-0.2, -0.15) is 0 Å². The molecule has 1 saturated heterocycles. The third-order valence-electron chi connectivity index (χ3n) is 4.15. The van der Waals surface area contributed by atoms with E-state index in [2.05, 4.69) is 15.5 Å². The van der Waals surface area contributed by atoms with Crippen molar-refractivity contribution in [2.45, 2.75) is 39.8 Å². The molecule has 1 aromatic rings. The van der Waals surface area contributed by atoms with E-state index < -0.39 is 6.04 Å². The molecular weight excluding hydrogens is 318 g/mol. The van der Waals surface area contributed by atoms with Crippen LogP contribution in [0.5, 0.6) is 5.75 Å². The van der Waals surface area contributed by atoms with Crippen molar-refractivity contribution in [3.63, 3.8) is 0 Å². The van der Waals surface area contributed by atoms with Gasteiger partial charge in [-0.3, -0.25) is 14.5 Å². The van der Waals surface area contributed by atoms with Crippen LogP contribution in [-0.2, 0) is 16.1 Å². The van der Waals surface area contributed by atoms with Crippen LogP contribution >= 0.6 is 0 Å². The third-order valence-corrected chi connectivity index (χ3v) is 4.15. The van der Waals surface area contributed by atoms with Crippen LogP contribution in [0.4, 0.5) is 0 Å². The molecule has 6 heteroatoms. The van der Waals surface area contributed by atoms with Gasteiger partial charge in [0.1, 0.15) is 5.75 Å². The molecule has 1 aromatic carbocycles. The topological polar surface area (TPSA) is 70.7 Å². The Labute approximate surface area is 149 Å². The maximum Gasteiger partial charge on any atom is 0.237 e. The second kappa shape index (κ2) is 9.42. The minimum absolute atomic E-state index is 0.0723. The quantitative estimate of drug-likeness (QED) is 0.748. The van der Waals surface area contributed by atoms with Crippen LogP contribution in [-0.4, -0.2) is 49.0 Å². The van der Waals surface area contributed by atoms with Crippen LogP contribution in [0.15, 0.2) is 24.3 Å². The van der Waals surface area contributed by atoms with Gasteiger partial charge in [-0.1, -0.05) is 26.0 Å². The van der Waals surface area contributed by atoms with Crippen molar-refractivity contribution in [3.8, 4) is 5.75 Å². The minimum atomic E-state index is -0.424. The Bertz CT molecular complexity index is 572. The minimum Gasteiger partial charge on any atom is -0.494 e. The van der Waals surface area contributed by atoms with Crippen LogP contribution in [0.25, 0.3) is 0 Å². The van der Waals surface area contributed by atoms with E-state index in [1.807, 2.05) is 45.0 Å². The lowest BCUT2D eigenvalue weighted by Crippen LogP contribution is -2.56. The highest BCUT2D eigenvalue weighted by Crippen LogP contribution is 2.17. The van der Waals surface area contributed by atoms with Crippen LogP contribution < -0.4 is 15.4 Å². The van der Waals surface area contributed by atoms with Crippen molar-refractivity contribution in [2.75, 3.05) is 26.2 Å². The molecule has 2 N–H and O–H groups in total. The number of hydrogen-bond acceptors (Lipinski definition) is 4. The Morgan fingerprint density at radius 1 is 1.36 bits per heavy atom. The average molecular weight is 347 g/mol. The van der Waals surface area contributed by atoms with Crippen LogP contribution in [0, 0.1) is 5.92 Å². The first-order chi connectivity index (χ1) is 12.0. The number of carbonyl (C=O) groups is 2. The van der Waals surface area contributed by atoms with Crippen molar-refractivity contribution in [1.29, 1.82) is 0 Å². The SMILES string of the molecule is CCOc1ccc(CN2CCNC(=O)[C@@H]2CC(=O)NCC(C)C)cc1. The number of ether oxygens (including phenoxy) is 1. The lowest BCUT2D eigenvalue weighted by Gasteiger charge is -2.34. The van der Waals surface area contributed by atoms with Gasteiger partial charge >= 0.3 is 0 Å². The summed E-state index contributed by atoms with van der Waals surface area (Å²) in [5, 5.41) is 5.76. The highest BCUT2D eigenvalue weighted by molar-refractivity contribution is 5.88. The van der Waals surface area contributed by atoms with E-state index in [0.717, 1.165) is 17.9 Å². The molecule has 0 bridgehead atoms. The van der Waals surface area contributed by atoms with Crippen molar-refractivity contribution < 1.29 is 14.3 Å². The molecule has 1 aliphatic heterocycles. The van der Waals surface area contributed by atoms with E-state index in [-0.39, 0.29) is 18.2 Å². The summed E-state index contributed by atoms with van der Waals surface area (Å²) in [4.78, 5) is 26.5. The van der Waals surface area contributed by atoms with E-state index in [1.165, 1.54) is 0 Å². The number of nitrogens with one attached hydrogen (secondary N) is 2. The second-order valence-electron chi connectivity index (χ2n) is 6.76. The molecule has 1 heterocycles. The fourth-order valence-electron chi connectivity index (χ4n) is 2.83. The van der Waals surface area contributed by atoms with Gasteiger partial charge in [-0.15, -0.1) is 0 Å². The Balaban J connectivity index is 1.98. The predicted octanol–water partition coefficient (Wildman–Crippen LogP) is 1.55. The van der Waals surface area contributed by atoms with Gasteiger partial charge in [0.25, 0.3) is 0 Å². The fraction of sp³-hybridized carbons (Fsp3) is 0.579. The molecule has 0 aliphatic carbocycles. The van der Waals surface area contributed by atoms with Gasteiger partial charge < -0.3 is 15.4 Å². The molecule has 6 nitrogen and oxygen atoms in total. The fourth-order valence-corrected chi connectivity index (χ4v) is 2.83. The molecule has 0 aromatic heterocycles. The third kappa shape index (κ3) is 6.05. The molecular formula is C19H29N3O3. The first-order valence-corrected chi connectivity index (χ1v) is 8.99. The zero-order valence-electron chi connectivity index (χ0n) is 15.4. The molecule has 138 valence electrons. The zero-order valence-corrected chi connectivity index (χ0v) is 15.4. The van der Waals surface area contributed by atoms with Crippen LogP contribution in [0.2, 0.25) is 0 Å².